The summed E-state index contributed by atoms with van der Waals surface area (Å²) in [5.41, 5.74) is 1.10. The quantitative estimate of drug-likeness (QED) is 0.285. The van der Waals surface area contributed by atoms with E-state index >= 15 is 0 Å². The molecular weight excluding hydrogens is 491 g/mol. The molecule has 0 fully saturated rings. The highest BCUT2D eigenvalue weighted by Gasteiger charge is 2.30. The number of hydrogen-bond donors (Lipinski definition) is 1. The van der Waals surface area contributed by atoms with Crippen LogP contribution in [0.2, 0.25) is 0 Å². The van der Waals surface area contributed by atoms with Crippen LogP contribution in [0.25, 0.3) is 0 Å². The van der Waals surface area contributed by atoms with Crippen molar-refractivity contribution in [1.82, 2.24) is 15.2 Å². The normalized spacial score (nSPS) is 11.6. The molecule has 2 aromatic carbocycles. The van der Waals surface area contributed by atoms with Gasteiger partial charge >= 0.3 is 6.18 Å². The SMILES string of the molecule is COc1ccc(CN(Cc2cccc(C(F)(F)F)c2)Cc2nc(C(=O)NCc3ccco3)cs2)cc1. The number of alkyl halides is 3. The summed E-state index contributed by atoms with van der Waals surface area (Å²) in [6.07, 6.45) is -2.88. The number of ether oxygens (including phenoxy) is 1. The first kappa shape index (κ1) is 25.5. The zero-order valence-electron chi connectivity index (χ0n) is 19.4. The molecule has 0 atom stereocenters. The summed E-state index contributed by atoms with van der Waals surface area (Å²) in [5.74, 6) is 1.02. The van der Waals surface area contributed by atoms with E-state index in [0.29, 0.717) is 35.2 Å². The molecule has 4 aromatic rings. The molecule has 0 aliphatic rings. The average molecular weight is 516 g/mol. The van der Waals surface area contributed by atoms with E-state index in [4.69, 9.17) is 9.15 Å². The first-order valence-electron chi connectivity index (χ1n) is 11.1. The Balaban J connectivity index is 1.49. The molecule has 0 aliphatic heterocycles. The minimum atomic E-state index is -4.41. The van der Waals surface area contributed by atoms with Gasteiger partial charge in [-0.15, -0.1) is 11.3 Å². The second-order valence-corrected chi connectivity index (χ2v) is 9.02. The van der Waals surface area contributed by atoms with Gasteiger partial charge in [-0.05, 0) is 41.5 Å². The van der Waals surface area contributed by atoms with Crippen molar-refractivity contribution in [3.05, 3.63) is 105 Å². The maximum atomic E-state index is 13.2. The third kappa shape index (κ3) is 6.96. The topological polar surface area (TPSA) is 67.6 Å². The van der Waals surface area contributed by atoms with Crippen molar-refractivity contribution >= 4 is 17.2 Å². The molecular formula is C26H24F3N3O3S. The molecule has 0 unspecified atom stereocenters. The molecule has 10 heteroatoms. The lowest BCUT2D eigenvalue weighted by atomic mass is 10.1. The Labute approximate surface area is 210 Å². The number of benzene rings is 2. The second-order valence-electron chi connectivity index (χ2n) is 8.08. The minimum Gasteiger partial charge on any atom is -0.497 e. The van der Waals surface area contributed by atoms with Gasteiger partial charge in [0.05, 0.1) is 32.0 Å². The summed E-state index contributed by atoms with van der Waals surface area (Å²) in [6, 6.07) is 16.3. The first-order chi connectivity index (χ1) is 17.3. The Hall–Kier alpha value is -3.63. The number of furan rings is 1. The molecule has 0 spiro atoms. The molecule has 0 aliphatic carbocycles. The van der Waals surface area contributed by atoms with Gasteiger partial charge in [0.1, 0.15) is 22.2 Å². The standard InChI is InChI=1S/C26H24F3N3O3S/c1-34-21-9-7-18(8-10-21)14-32(15-19-4-2-5-20(12-19)26(27,28)29)16-24-31-23(17-36-24)25(33)30-13-22-6-3-11-35-22/h2-12,17H,13-16H2,1H3,(H,30,33). The number of thiazole rings is 1. The van der Waals surface area contributed by atoms with Crippen molar-refractivity contribution in [2.45, 2.75) is 32.4 Å². The van der Waals surface area contributed by atoms with Gasteiger partial charge in [-0.25, -0.2) is 4.98 Å². The van der Waals surface area contributed by atoms with Gasteiger partial charge in [0.15, 0.2) is 0 Å². The fraction of sp³-hybridized carbons (Fsp3) is 0.231. The third-order valence-corrected chi connectivity index (χ3v) is 6.21. The highest BCUT2D eigenvalue weighted by atomic mass is 32.1. The van der Waals surface area contributed by atoms with Crippen molar-refractivity contribution in [3.63, 3.8) is 0 Å². The number of carbonyl (C=O) groups is 1. The van der Waals surface area contributed by atoms with Crippen LogP contribution < -0.4 is 10.1 Å². The van der Waals surface area contributed by atoms with E-state index in [1.54, 1.807) is 30.7 Å². The molecule has 188 valence electrons. The van der Waals surface area contributed by atoms with E-state index in [1.807, 2.05) is 29.2 Å². The number of hydrogen-bond acceptors (Lipinski definition) is 6. The molecule has 36 heavy (non-hydrogen) atoms. The maximum absolute atomic E-state index is 13.2. The Morgan fingerprint density at radius 1 is 1.06 bits per heavy atom. The van der Waals surface area contributed by atoms with Crippen LogP contribution in [0.4, 0.5) is 13.2 Å². The van der Waals surface area contributed by atoms with Crippen molar-refractivity contribution in [1.29, 1.82) is 0 Å². The number of halogens is 3. The average Bonchev–Trinajstić information content (AvgIpc) is 3.55. The molecule has 2 heterocycles. The largest absolute Gasteiger partial charge is 0.497 e. The van der Waals surface area contributed by atoms with Gasteiger partial charge in [0.25, 0.3) is 5.91 Å². The Morgan fingerprint density at radius 2 is 1.83 bits per heavy atom. The number of nitrogens with one attached hydrogen (secondary N) is 1. The highest BCUT2D eigenvalue weighted by molar-refractivity contribution is 7.09. The van der Waals surface area contributed by atoms with Crippen LogP contribution in [0.15, 0.2) is 76.7 Å². The number of rotatable bonds is 10. The van der Waals surface area contributed by atoms with Crippen LogP contribution in [-0.2, 0) is 32.4 Å². The fourth-order valence-corrected chi connectivity index (χ4v) is 4.43. The predicted molar refractivity (Wildman–Crippen MR) is 129 cm³/mol. The zero-order chi connectivity index (χ0) is 25.5. The lowest BCUT2D eigenvalue weighted by molar-refractivity contribution is -0.137. The molecule has 0 radical (unpaired) electrons. The van der Waals surface area contributed by atoms with Crippen LogP contribution in [0.5, 0.6) is 5.75 Å². The lowest BCUT2D eigenvalue weighted by Gasteiger charge is -2.22. The number of aromatic nitrogens is 1. The summed E-state index contributed by atoms with van der Waals surface area (Å²) < 4.78 is 50.1. The van der Waals surface area contributed by atoms with Crippen LogP contribution in [0.3, 0.4) is 0 Å². The molecule has 6 nitrogen and oxygen atoms in total. The smallest absolute Gasteiger partial charge is 0.416 e. The highest BCUT2D eigenvalue weighted by Crippen LogP contribution is 2.30. The second kappa shape index (κ2) is 11.4. The third-order valence-electron chi connectivity index (χ3n) is 5.37. The Kier molecular flexibility index (Phi) is 8.07. The Bertz CT molecular complexity index is 1270. The summed E-state index contributed by atoms with van der Waals surface area (Å²) in [5, 5.41) is 5.11. The molecule has 4 rings (SSSR count). The molecule has 0 saturated carbocycles. The summed E-state index contributed by atoms with van der Waals surface area (Å²) in [4.78, 5) is 18.9. The van der Waals surface area contributed by atoms with Crippen molar-refractivity contribution in [3.8, 4) is 5.75 Å². The van der Waals surface area contributed by atoms with E-state index in [-0.39, 0.29) is 24.7 Å². The summed E-state index contributed by atoms with van der Waals surface area (Å²) >= 11 is 1.33. The number of amides is 1. The van der Waals surface area contributed by atoms with Gasteiger partial charge in [0.2, 0.25) is 0 Å². The van der Waals surface area contributed by atoms with Crippen LogP contribution in [0, 0.1) is 0 Å². The van der Waals surface area contributed by atoms with Crippen LogP contribution in [0.1, 0.15) is 37.9 Å². The fourth-order valence-electron chi connectivity index (χ4n) is 3.61. The van der Waals surface area contributed by atoms with Gasteiger partial charge in [-0.1, -0.05) is 30.3 Å². The van der Waals surface area contributed by atoms with E-state index in [1.165, 1.54) is 23.7 Å². The molecule has 0 saturated heterocycles. The van der Waals surface area contributed by atoms with E-state index in [0.717, 1.165) is 17.7 Å². The van der Waals surface area contributed by atoms with E-state index < -0.39 is 11.7 Å². The lowest BCUT2D eigenvalue weighted by Crippen LogP contribution is -2.24. The van der Waals surface area contributed by atoms with Gasteiger partial charge in [0, 0.05) is 18.5 Å². The van der Waals surface area contributed by atoms with Gasteiger partial charge in [-0.3, -0.25) is 9.69 Å². The van der Waals surface area contributed by atoms with Crippen LogP contribution in [-0.4, -0.2) is 22.9 Å². The summed E-state index contributed by atoms with van der Waals surface area (Å²) in [6.45, 7) is 1.35. The molecule has 0 bridgehead atoms. The maximum Gasteiger partial charge on any atom is 0.416 e. The van der Waals surface area contributed by atoms with Crippen molar-refractivity contribution < 1.29 is 27.1 Å². The Morgan fingerprint density at radius 3 is 2.53 bits per heavy atom. The number of methoxy groups -OCH3 is 1. The molecule has 1 amide bonds. The van der Waals surface area contributed by atoms with Gasteiger partial charge < -0.3 is 14.5 Å². The van der Waals surface area contributed by atoms with Crippen molar-refractivity contribution in [2.24, 2.45) is 0 Å². The minimum absolute atomic E-state index is 0.248. The molecule has 1 N–H and O–H groups in total. The predicted octanol–water partition coefficient (Wildman–Crippen LogP) is 5.90. The monoisotopic (exact) mass is 515 g/mol. The first-order valence-corrected chi connectivity index (χ1v) is 11.9. The van der Waals surface area contributed by atoms with E-state index in [2.05, 4.69) is 10.3 Å². The zero-order valence-corrected chi connectivity index (χ0v) is 20.2. The van der Waals surface area contributed by atoms with Crippen LogP contribution >= 0.6 is 11.3 Å². The number of nitrogens with zero attached hydrogens (tertiary/aromatic N) is 2. The van der Waals surface area contributed by atoms with E-state index in [9.17, 15) is 18.0 Å². The van der Waals surface area contributed by atoms with Crippen molar-refractivity contribution in [2.75, 3.05) is 7.11 Å². The number of carbonyl (C=O) groups excluding carboxylic acids is 1. The molecule has 2 aromatic heterocycles. The summed E-state index contributed by atoms with van der Waals surface area (Å²) in [7, 11) is 1.58. The van der Waals surface area contributed by atoms with Gasteiger partial charge in [-0.2, -0.15) is 13.2 Å².